The van der Waals surface area contributed by atoms with Crippen molar-refractivity contribution in [2.24, 2.45) is 0 Å². The molecule has 0 atom stereocenters. The van der Waals surface area contributed by atoms with Gasteiger partial charge in [0, 0.05) is 63.3 Å². The van der Waals surface area contributed by atoms with Gasteiger partial charge in [-0.2, -0.15) is 0 Å². The van der Waals surface area contributed by atoms with Gasteiger partial charge in [0.2, 0.25) is 0 Å². The maximum absolute atomic E-state index is 2.58. The van der Waals surface area contributed by atoms with E-state index in [1.54, 1.807) is 0 Å². The first-order chi connectivity index (χ1) is 52.6. The molecule has 4 heterocycles. The lowest BCUT2D eigenvalue weighted by Gasteiger charge is -2.28. The highest BCUT2D eigenvalue weighted by Gasteiger charge is 2.35. The SMILES string of the molecule is CC(C)(C)c1ccc(-c2c(-c3ccc(C(C)(C)C)cc3)c(-c3ccc(C(C)(C)C)cc3)c3c4csc(-c5scc6c5c5sccc5c5c(-c7ccc(C(C)(C)C)cc7)c(-c7ccc(C(C)(C)C)cc7)c(-c7ccc(C(C)(C)C)cc7)c(-c7ccc(C(C)(C)C)cc7)c65)c4c4sccc4c3c2-c2ccc(C(C)(C)C)cc2)cc1. The summed E-state index contributed by atoms with van der Waals surface area (Å²) in [6.45, 7) is 56.1. The minimum absolute atomic E-state index is 0.0340. The highest BCUT2D eigenvalue weighted by atomic mass is 32.1. The summed E-state index contributed by atoms with van der Waals surface area (Å²) in [4.78, 5) is 2.65. The largest absolute Gasteiger partial charge is 0.143 e. The average Bonchev–Trinajstić information content (AvgIpc) is 1.39. The lowest BCUT2D eigenvalue weighted by atomic mass is 9.75. The maximum atomic E-state index is 2.58. The maximum Gasteiger partial charge on any atom is 0.0542 e. The molecule has 0 bridgehead atoms. The van der Waals surface area contributed by atoms with E-state index >= 15 is 0 Å². The molecular formula is C108H110S4. The fourth-order valence-corrected chi connectivity index (χ4v) is 21.6. The van der Waals surface area contributed by atoms with Crippen LogP contribution in [0.3, 0.4) is 0 Å². The summed E-state index contributed by atoms with van der Waals surface area (Å²) in [6, 6.07) is 82.5. The Morgan fingerprint density at radius 2 is 0.321 bits per heavy atom. The molecule has 0 saturated carbocycles. The second-order valence-corrected chi connectivity index (χ2v) is 43.7. The number of thiophene rings is 4. The second kappa shape index (κ2) is 27.4. The molecular weight excluding hydrogens is 1430 g/mol. The van der Waals surface area contributed by atoms with Crippen molar-refractivity contribution in [3.05, 3.63) is 272 Å². The summed E-state index contributed by atoms with van der Waals surface area (Å²) >= 11 is 7.71. The van der Waals surface area contributed by atoms with Gasteiger partial charge in [0.25, 0.3) is 0 Å². The Labute approximate surface area is 683 Å². The van der Waals surface area contributed by atoms with E-state index < -0.39 is 0 Å². The van der Waals surface area contributed by atoms with Gasteiger partial charge in [0.05, 0.1) is 9.75 Å². The molecule has 12 aromatic carbocycles. The molecule has 16 rings (SSSR count). The van der Waals surface area contributed by atoms with Crippen LogP contribution in [-0.4, -0.2) is 0 Å². The average molecular weight is 1540 g/mol. The van der Waals surface area contributed by atoms with Gasteiger partial charge in [-0.25, -0.2) is 0 Å². The summed E-state index contributed by atoms with van der Waals surface area (Å²) < 4.78 is 2.65. The molecule has 4 aromatic heterocycles. The zero-order valence-electron chi connectivity index (χ0n) is 70.6. The molecule has 566 valence electrons. The molecule has 0 aliphatic carbocycles. The van der Waals surface area contributed by atoms with Crippen LogP contribution in [-0.2, 0) is 43.3 Å². The van der Waals surface area contributed by atoms with Gasteiger partial charge in [-0.15, -0.1) is 45.3 Å². The van der Waals surface area contributed by atoms with Crippen molar-refractivity contribution in [3.63, 3.8) is 0 Å². The Morgan fingerprint density at radius 3 is 0.491 bits per heavy atom. The van der Waals surface area contributed by atoms with E-state index in [0.29, 0.717) is 0 Å². The molecule has 112 heavy (non-hydrogen) atoms. The molecule has 0 saturated heterocycles. The third-order valence-electron chi connectivity index (χ3n) is 24.0. The van der Waals surface area contributed by atoms with Crippen LogP contribution >= 0.6 is 45.3 Å². The Kier molecular flexibility index (Phi) is 18.8. The number of rotatable bonds is 9. The molecule has 0 spiro atoms. The third kappa shape index (κ3) is 13.6. The van der Waals surface area contributed by atoms with E-state index in [2.05, 4.69) is 394 Å². The number of hydrogen-bond acceptors (Lipinski definition) is 4. The molecule has 0 fully saturated rings. The third-order valence-corrected chi connectivity index (χ3v) is 28.0. The van der Waals surface area contributed by atoms with Crippen LogP contribution in [0.4, 0.5) is 0 Å². The van der Waals surface area contributed by atoms with Gasteiger partial charge in [-0.3, -0.25) is 0 Å². The summed E-state index contributed by atoms with van der Waals surface area (Å²) in [5, 5.41) is 23.0. The van der Waals surface area contributed by atoms with Crippen LogP contribution in [0.15, 0.2) is 228 Å². The van der Waals surface area contributed by atoms with E-state index in [9.17, 15) is 0 Å². The quantitative estimate of drug-likeness (QED) is 0.135. The van der Waals surface area contributed by atoms with Crippen molar-refractivity contribution >= 4 is 109 Å². The van der Waals surface area contributed by atoms with Gasteiger partial charge in [0.1, 0.15) is 0 Å². The van der Waals surface area contributed by atoms with E-state index in [0.717, 1.165) is 0 Å². The van der Waals surface area contributed by atoms with Gasteiger partial charge >= 0.3 is 0 Å². The van der Waals surface area contributed by atoms with E-state index in [1.165, 1.54) is 207 Å². The second-order valence-electron chi connectivity index (χ2n) is 40.2. The van der Waals surface area contributed by atoms with Gasteiger partial charge in [0.15, 0.2) is 0 Å². The molecule has 0 aliphatic heterocycles. The Balaban J connectivity index is 1.10. The van der Waals surface area contributed by atoms with Gasteiger partial charge < -0.3 is 0 Å². The van der Waals surface area contributed by atoms with E-state index in [4.69, 9.17) is 0 Å². The first-order valence-electron chi connectivity index (χ1n) is 40.4. The van der Waals surface area contributed by atoms with Crippen molar-refractivity contribution in [3.8, 4) is 98.8 Å². The van der Waals surface area contributed by atoms with Crippen LogP contribution < -0.4 is 0 Å². The molecule has 0 nitrogen and oxygen atoms in total. The highest BCUT2D eigenvalue weighted by molar-refractivity contribution is 7.25. The summed E-state index contributed by atoms with van der Waals surface area (Å²) in [5.41, 5.74) is 30.0. The normalized spacial score (nSPS) is 13.2. The number of benzene rings is 12. The van der Waals surface area contributed by atoms with E-state index in [-0.39, 0.29) is 43.3 Å². The van der Waals surface area contributed by atoms with Crippen molar-refractivity contribution in [1.82, 2.24) is 0 Å². The topological polar surface area (TPSA) is 0 Å². The van der Waals surface area contributed by atoms with Gasteiger partial charge in [-0.05, 0) is 210 Å². The first kappa shape index (κ1) is 77.0. The first-order valence-corrected chi connectivity index (χ1v) is 43.9. The van der Waals surface area contributed by atoms with Crippen LogP contribution in [0.5, 0.6) is 0 Å². The predicted molar refractivity (Wildman–Crippen MR) is 502 cm³/mol. The smallest absolute Gasteiger partial charge is 0.0542 e. The summed E-state index contributed by atoms with van der Waals surface area (Å²) in [5.74, 6) is 0. The molecule has 0 radical (unpaired) electrons. The minimum atomic E-state index is -0.0484. The van der Waals surface area contributed by atoms with Crippen molar-refractivity contribution < 1.29 is 0 Å². The van der Waals surface area contributed by atoms with Crippen LogP contribution in [0.1, 0.15) is 211 Å². The van der Waals surface area contributed by atoms with Crippen LogP contribution in [0.2, 0.25) is 0 Å². The number of hydrogen-bond donors (Lipinski definition) is 0. The molecule has 0 unspecified atom stereocenters. The lowest BCUT2D eigenvalue weighted by Crippen LogP contribution is -2.11. The molecule has 16 aromatic rings. The minimum Gasteiger partial charge on any atom is -0.143 e. The zero-order chi connectivity index (χ0) is 79.6. The Bertz CT molecular complexity index is 5900. The van der Waals surface area contributed by atoms with Crippen molar-refractivity contribution in [1.29, 1.82) is 0 Å². The fraction of sp³-hybridized carbons (Fsp3) is 0.296. The van der Waals surface area contributed by atoms with Crippen LogP contribution in [0, 0.1) is 0 Å². The van der Waals surface area contributed by atoms with Crippen molar-refractivity contribution in [2.75, 3.05) is 0 Å². The van der Waals surface area contributed by atoms with E-state index in [1.807, 2.05) is 45.3 Å². The lowest BCUT2D eigenvalue weighted by molar-refractivity contribution is 0.590. The molecule has 4 heteroatoms. The Hall–Kier alpha value is -9.00. The summed E-state index contributed by atoms with van der Waals surface area (Å²) in [6.07, 6.45) is 0. The van der Waals surface area contributed by atoms with Crippen molar-refractivity contribution in [2.45, 2.75) is 209 Å². The molecule has 0 aliphatic rings. The fourth-order valence-electron chi connectivity index (χ4n) is 17.3. The van der Waals surface area contributed by atoms with Crippen LogP contribution in [0.25, 0.3) is 162 Å². The standard InChI is InChI=1S/C108H110S4/c1-101(2,3)71-41-25-63(26-42-71)83-85(65-29-45-73(46-30-65)103(7,8)9)89(69-37-53-77(54-38-69)107(19,20)21)93-81-61-111-99(95(81)97-79(57-59-109-97)91(93)87(83)67-33-49-75(50-34-67)105(13,14)15)100-96-82(62-112-100)94-90(70-39-55-78(56-40-70)108(22,23)24)86(66-31-47-74(48-32-66)104(10,11)12)84(64-27-43-72(44-28-64)102(4,5)6)88(92(94)80-58-60-110-98(80)96)68-35-51-76(52-36-68)106(16,17)18/h25-62H,1-24H3. The highest BCUT2D eigenvalue weighted by Crippen LogP contribution is 2.62. The number of fused-ring (bicyclic) bond motifs is 12. The molecule has 0 amide bonds. The van der Waals surface area contributed by atoms with Gasteiger partial charge in [-0.1, -0.05) is 360 Å². The monoisotopic (exact) mass is 1530 g/mol. The molecule has 0 N–H and O–H groups in total. The summed E-state index contributed by atoms with van der Waals surface area (Å²) in [7, 11) is 0. The Morgan fingerprint density at radius 1 is 0.161 bits per heavy atom. The predicted octanol–water partition coefficient (Wildman–Crippen LogP) is 34.2. The zero-order valence-corrected chi connectivity index (χ0v) is 73.8.